The molecule has 0 aromatic heterocycles. The number of benzene rings is 2. The van der Waals surface area contributed by atoms with E-state index in [0.29, 0.717) is 17.9 Å². The molecule has 1 heterocycles. The Balaban J connectivity index is 1.75. The van der Waals surface area contributed by atoms with Gasteiger partial charge in [0.15, 0.2) is 0 Å². The van der Waals surface area contributed by atoms with Crippen LogP contribution in [0, 0.1) is 0 Å². The molecule has 0 unspecified atom stereocenters. The highest BCUT2D eigenvalue weighted by Gasteiger charge is 2.38. The zero-order valence-electron chi connectivity index (χ0n) is 14.3. The van der Waals surface area contributed by atoms with Crippen molar-refractivity contribution in [3.63, 3.8) is 0 Å². The van der Waals surface area contributed by atoms with Crippen LogP contribution in [0.25, 0.3) is 6.08 Å². The minimum absolute atomic E-state index is 0.145. The van der Waals surface area contributed by atoms with Crippen LogP contribution in [0.3, 0.4) is 0 Å². The van der Waals surface area contributed by atoms with Crippen molar-refractivity contribution in [2.45, 2.75) is 26.2 Å². The summed E-state index contributed by atoms with van der Waals surface area (Å²) in [5.41, 5.74) is 1.51. The van der Waals surface area contributed by atoms with E-state index in [-0.39, 0.29) is 5.57 Å². The van der Waals surface area contributed by atoms with E-state index in [4.69, 9.17) is 14.2 Å². The van der Waals surface area contributed by atoms with Crippen molar-refractivity contribution in [1.29, 1.82) is 0 Å². The van der Waals surface area contributed by atoms with E-state index in [1.54, 1.807) is 24.3 Å². The van der Waals surface area contributed by atoms with Crippen LogP contribution in [0.1, 0.15) is 25.0 Å². The number of cyclic esters (lactones) is 2. The molecule has 0 saturated carbocycles. The maximum Gasteiger partial charge on any atom is 0.348 e. The van der Waals surface area contributed by atoms with Gasteiger partial charge in [-0.25, -0.2) is 9.59 Å². The zero-order chi connectivity index (χ0) is 18.7. The Labute approximate surface area is 159 Å². The molecule has 0 N–H and O–H groups in total. The summed E-state index contributed by atoms with van der Waals surface area (Å²) in [5.74, 6) is -2.03. The molecule has 6 heteroatoms. The van der Waals surface area contributed by atoms with Gasteiger partial charge in [0, 0.05) is 18.3 Å². The highest BCUT2D eigenvalue weighted by molar-refractivity contribution is 9.10. The summed E-state index contributed by atoms with van der Waals surface area (Å²) in [4.78, 5) is 24.1. The van der Waals surface area contributed by atoms with E-state index in [1.165, 1.54) is 19.9 Å². The van der Waals surface area contributed by atoms with Gasteiger partial charge in [0.2, 0.25) is 0 Å². The number of rotatable bonds is 4. The largest absolute Gasteiger partial charge is 0.489 e. The zero-order valence-corrected chi connectivity index (χ0v) is 15.9. The van der Waals surface area contributed by atoms with Gasteiger partial charge in [-0.1, -0.05) is 40.2 Å². The molecule has 3 rings (SSSR count). The van der Waals surface area contributed by atoms with Gasteiger partial charge < -0.3 is 14.2 Å². The lowest BCUT2D eigenvalue weighted by atomic mass is 10.1. The van der Waals surface area contributed by atoms with Crippen LogP contribution in [0.15, 0.2) is 58.6 Å². The summed E-state index contributed by atoms with van der Waals surface area (Å²) >= 11 is 3.42. The Kier molecular flexibility index (Phi) is 5.13. The summed E-state index contributed by atoms with van der Waals surface area (Å²) in [6.07, 6.45) is 1.44. The maximum atomic E-state index is 12.0. The number of hydrogen-bond acceptors (Lipinski definition) is 5. The molecule has 1 fully saturated rings. The first-order chi connectivity index (χ1) is 12.3. The van der Waals surface area contributed by atoms with Crippen LogP contribution in [0.5, 0.6) is 5.75 Å². The lowest BCUT2D eigenvalue weighted by Gasteiger charge is -2.29. The van der Waals surface area contributed by atoms with E-state index in [0.717, 1.165) is 10.0 Å². The van der Waals surface area contributed by atoms with E-state index in [9.17, 15) is 9.59 Å². The summed E-state index contributed by atoms with van der Waals surface area (Å²) in [6.45, 7) is 3.42. The van der Waals surface area contributed by atoms with Crippen LogP contribution >= 0.6 is 15.9 Å². The monoisotopic (exact) mass is 416 g/mol. The third-order valence-electron chi connectivity index (χ3n) is 3.58. The molecule has 5 nitrogen and oxygen atoms in total. The molecule has 0 radical (unpaired) electrons. The molecule has 1 saturated heterocycles. The van der Waals surface area contributed by atoms with Gasteiger partial charge in [0.1, 0.15) is 17.9 Å². The van der Waals surface area contributed by atoms with Crippen LogP contribution in [-0.4, -0.2) is 17.7 Å². The Bertz CT molecular complexity index is 863. The molecule has 2 aromatic rings. The third-order valence-corrected chi connectivity index (χ3v) is 4.07. The molecule has 134 valence electrons. The van der Waals surface area contributed by atoms with E-state index in [2.05, 4.69) is 15.9 Å². The lowest BCUT2D eigenvalue weighted by molar-refractivity contribution is -0.222. The Morgan fingerprint density at radius 2 is 1.73 bits per heavy atom. The van der Waals surface area contributed by atoms with Crippen LogP contribution < -0.4 is 4.74 Å². The second-order valence-electron chi connectivity index (χ2n) is 6.23. The smallest absolute Gasteiger partial charge is 0.348 e. The molecule has 1 aliphatic heterocycles. The highest BCUT2D eigenvalue weighted by Crippen LogP contribution is 2.25. The molecule has 0 spiro atoms. The van der Waals surface area contributed by atoms with Crippen LogP contribution in [0.2, 0.25) is 0 Å². The van der Waals surface area contributed by atoms with Crippen molar-refractivity contribution in [2.24, 2.45) is 0 Å². The Morgan fingerprint density at radius 3 is 2.42 bits per heavy atom. The molecule has 0 atom stereocenters. The van der Waals surface area contributed by atoms with Gasteiger partial charge >= 0.3 is 11.9 Å². The minimum atomic E-state index is -1.25. The molecule has 0 bridgehead atoms. The topological polar surface area (TPSA) is 61.8 Å². The van der Waals surface area contributed by atoms with E-state index in [1.807, 2.05) is 24.3 Å². The summed E-state index contributed by atoms with van der Waals surface area (Å²) < 4.78 is 16.9. The number of carbonyl (C=O) groups excluding carboxylic acids is 2. The predicted octanol–water partition coefficient (Wildman–Crippen LogP) is 4.25. The van der Waals surface area contributed by atoms with Gasteiger partial charge in [-0.3, -0.25) is 0 Å². The van der Waals surface area contributed by atoms with Crippen molar-refractivity contribution in [3.8, 4) is 5.75 Å². The van der Waals surface area contributed by atoms with Gasteiger partial charge in [-0.15, -0.1) is 0 Å². The van der Waals surface area contributed by atoms with E-state index >= 15 is 0 Å². The van der Waals surface area contributed by atoms with Gasteiger partial charge in [0.25, 0.3) is 5.79 Å². The average molecular weight is 417 g/mol. The predicted molar refractivity (Wildman–Crippen MR) is 99.2 cm³/mol. The fourth-order valence-corrected chi connectivity index (χ4v) is 2.88. The molecule has 0 amide bonds. The molecule has 2 aromatic carbocycles. The lowest BCUT2D eigenvalue weighted by Crippen LogP contribution is -2.41. The maximum absolute atomic E-state index is 12.0. The van der Waals surface area contributed by atoms with E-state index < -0.39 is 17.7 Å². The van der Waals surface area contributed by atoms with Crippen molar-refractivity contribution < 1.29 is 23.8 Å². The van der Waals surface area contributed by atoms with Crippen LogP contribution in [0.4, 0.5) is 0 Å². The van der Waals surface area contributed by atoms with Crippen LogP contribution in [-0.2, 0) is 25.7 Å². The Morgan fingerprint density at radius 1 is 1.04 bits per heavy atom. The first-order valence-corrected chi connectivity index (χ1v) is 8.77. The second kappa shape index (κ2) is 7.33. The number of ether oxygens (including phenoxy) is 3. The van der Waals surface area contributed by atoms with Crippen molar-refractivity contribution >= 4 is 33.9 Å². The minimum Gasteiger partial charge on any atom is -0.489 e. The quantitative estimate of drug-likeness (QED) is 0.423. The average Bonchev–Trinajstić information content (AvgIpc) is 2.56. The summed E-state index contributed by atoms with van der Waals surface area (Å²) in [7, 11) is 0. The fourth-order valence-electron chi connectivity index (χ4n) is 2.43. The van der Waals surface area contributed by atoms with Crippen molar-refractivity contribution in [2.75, 3.05) is 0 Å². The molecular formula is C20H17BrO5. The van der Waals surface area contributed by atoms with Gasteiger partial charge in [-0.05, 0) is 41.5 Å². The third kappa shape index (κ3) is 4.52. The standard InChI is InChI=1S/C20H17BrO5/c1-20(2)25-18(22)17(19(23)26-20)11-13-5-4-8-16(10-13)24-12-14-6-3-7-15(21)9-14/h3-11H,12H2,1-2H3. The van der Waals surface area contributed by atoms with Crippen molar-refractivity contribution in [3.05, 3.63) is 69.7 Å². The number of esters is 2. The second-order valence-corrected chi connectivity index (χ2v) is 7.14. The number of halogens is 1. The first-order valence-electron chi connectivity index (χ1n) is 7.98. The van der Waals surface area contributed by atoms with Gasteiger partial charge in [0.05, 0.1) is 0 Å². The summed E-state index contributed by atoms with van der Waals surface area (Å²) in [6, 6.07) is 14.9. The molecular weight excluding hydrogens is 400 g/mol. The number of carbonyl (C=O) groups is 2. The van der Waals surface area contributed by atoms with Gasteiger partial charge in [-0.2, -0.15) is 0 Å². The highest BCUT2D eigenvalue weighted by atomic mass is 79.9. The summed E-state index contributed by atoms with van der Waals surface area (Å²) in [5, 5.41) is 0. The normalized spacial score (nSPS) is 15.9. The SMILES string of the molecule is CC1(C)OC(=O)C(=Cc2cccc(OCc3cccc(Br)c3)c2)C(=O)O1. The number of hydrogen-bond donors (Lipinski definition) is 0. The first kappa shape index (κ1) is 18.2. The Hall–Kier alpha value is -2.60. The molecule has 1 aliphatic rings. The van der Waals surface area contributed by atoms with Crippen molar-refractivity contribution in [1.82, 2.24) is 0 Å². The molecule has 26 heavy (non-hydrogen) atoms. The molecule has 0 aliphatic carbocycles. The fraction of sp³-hybridized carbons (Fsp3) is 0.200.